The third-order valence-corrected chi connectivity index (χ3v) is 3.79. The highest BCUT2D eigenvalue weighted by molar-refractivity contribution is 7.91. The summed E-state index contributed by atoms with van der Waals surface area (Å²) < 4.78 is 23.3. The number of aliphatic hydroxyl groups is 1. The van der Waals surface area contributed by atoms with Crippen LogP contribution in [0.1, 0.15) is 5.56 Å². The van der Waals surface area contributed by atoms with Crippen molar-refractivity contribution in [1.29, 1.82) is 0 Å². The summed E-state index contributed by atoms with van der Waals surface area (Å²) in [6.45, 7) is 1.39. The Morgan fingerprint density at radius 2 is 2.06 bits per heavy atom. The minimum Gasteiger partial charge on any atom is -0.395 e. The van der Waals surface area contributed by atoms with Crippen LogP contribution in [0.4, 0.5) is 5.69 Å². The molecule has 16 heavy (non-hydrogen) atoms. The molecule has 0 fully saturated rings. The lowest BCUT2D eigenvalue weighted by Crippen LogP contribution is -2.10. The summed E-state index contributed by atoms with van der Waals surface area (Å²) >= 11 is 0. The Morgan fingerprint density at radius 3 is 2.56 bits per heavy atom. The van der Waals surface area contributed by atoms with Crippen LogP contribution >= 0.6 is 0 Å². The number of hydrogen-bond donors (Lipinski definition) is 1. The van der Waals surface area contributed by atoms with Crippen LogP contribution < -0.4 is 0 Å². The maximum absolute atomic E-state index is 11.6. The first-order valence-electron chi connectivity index (χ1n) is 4.75. The smallest absolute Gasteiger partial charge is 0.180 e. The second kappa shape index (κ2) is 5.18. The van der Waals surface area contributed by atoms with E-state index in [9.17, 15) is 8.42 Å². The molecule has 0 bridgehead atoms. The van der Waals surface area contributed by atoms with E-state index < -0.39 is 9.84 Å². The molecule has 88 valence electrons. The molecule has 0 unspecified atom stereocenters. The molecule has 5 nitrogen and oxygen atoms in total. The van der Waals surface area contributed by atoms with Gasteiger partial charge in [0.05, 0.1) is 22.9 Å². The molecule has 0 aliphatic rings. The average molecular weight is 242 g/mol. The molecular weight excluding hydrogens is 228 g/mol. The lowest BCUT2D eigenvalue weighted by molar-refractivity contribution is 0.319. The van der Waals surface area contributed by atoms with Gasteiger partial charge in [-0.05, 0) is 30.7 Å². The van der Waals surface area contributed by atoms with Gasteiger partial charge in [0, 0.05) is 7.05 Å². The highest BCUT2D eigenvalue weighted by Gasteiger charge is 2.14. The fourth-order valence-corrected chi connectivity index (χ4v) is 2.39. The van der Waals surface area contributed by atoms with E-state index in [1.165, 1.54) is 12.1 Å². The first-order valence-corrected chi connectivity index (χ1v) is 6.40. The molecule has 0 aromatic heterocycles. The van der Waals surface area contributed by atoms with Gasteiger partial charge in [-0.1, -0.05) is 0 Å². The van der Waals surface area contributed by atoms with E-state index in [1.807, 2.05) is 0 Å². The normalized spacial score (nSPS) is 12.2. The Kier molecular flexibility index (Phi) is 4.14. The largest absolute Gasteiger partial charge is 0.395 e. The van der Waals surface area contributed by atoms with Crippen LogP contribution in [0.25, 0.3) is 0 Å². The zero-order chi connectivity index (χ0) is 12.2. The van der Waals surface area contributed by atoms with Crippen LogP contribution in [0, 0.1) is 6.92 Å². The third-order valence-electron chi connectivity index (χ3n) is 2.10. The molecule has 0 heterocycles. The Bertz CT molecular complexity index is 495. The number of sulfone groups is 1. The van der Waals surface area contributed by atoms with E-state index in [0.717, 1.165) is 5.56 Å². The van der Waals surface area contributed by atoms with Gasteiger partial charge >= 0.3 is 0 Å². The van der Waals surface area contributed by atoms with Crippen molar-refractivity contribution in [2.45, 2.75) is 11.8 Å². The summed E-state index contributed by atoms with van der Waals surface area (Å²) in [4.78, 5) is 0.203. The fourth-order valence-electron chi connectivity index (χ4n) is 1.28. The maximum atomic E-state index is 11.6. The molecule has 0 saturated heterocycles. The fraction of sp³-hybridized carbons (Fsp3) is 0.400. The first kappa shape index (κ1) is 12.8. The predicted octanol–water partition coefficient (Wildman–Crippen LogP) is 1.47. The van der Waals surface area contributed by atoms with Crippen LogP contribution in [0.2, 0.25) is 0 Å². The number of hydrogen-bond acceptors (Lipinski definition) is 5. The van der Waals surface area contributed by atoms with Crippen molar-refractivity contribution < 1.29 is 13.5 Å². The molecular formula is C10H14N2O3S. The zero-order valence-electron chi connectivity index (χ0n) is 9.21. The minimum atomic E-state index is -3.39. The molecule has 1 aromatic carbocycles. The van der Waals surface area contributed by atoms with E-state index >= 15 is 0 Å². The number of azo groups is 1. The van der Waals surface area contributed by atoms with Crippen LogP contribution in [0.15, 0.2) is 33.3 Å². The predicted molar refractivity (Wildman–Crippen MR) is 60.8 cm³/mol. The highest BCUT2D eigenvalue weighted by atomic mass is 32.2. The van der Waals surface area contributed by atoms with E-state index in [2.05, 4.69) is 10.2 Å². The lowest BCUT2D eigenvalue weighted by Gasteiger charge is -2.05. The summed E-state index contributed by atoms with van der Waals surface area (Å²) in [7, 11) is -1.84. The first-order chi connectivity index (χ1) is 7.51. The van der Waals surface area contributed by atoms with Gasteiger partial charge in [0.2, 0.25) is 0 Å². The average Bonchev–Trinajstić information content (AvgIpc) is 2.21. The molecule has 0 aliphatic heterocycles. The molecule has 0 atom stereocenters. The minimum absolute atomic E-state index is 0.203. The van der Waals surface area contributed by atoms with Crippen LogP contribution in [0.5, 0.6) is 0 Å². The molecule has 6 heteroatoms. The molecule has 0 amide bonds. The Hall–Kier alpha value is -1.27. The summed E-state index contributed by atoms with van der Waals surface area (Å²) in [5, 5.41) is 16.1. The van der Waals surface area contributed by atoms with Crippen molar-refractivity contribution in [2.24, 2.45) is 10.2 Å². The van der Waals surface area contributed by atoms with E-state index in [4.69, 9.17) is 5.11 Å². The molecule has 1 rings (SSSR count). The van der Waals surface area contributed by atoms with Gasteiger partial charge in [-0.15, -0.1) is 0 Å². The van der Waals surface area contributed by atoms with Crippen molar-refractivity contribution in [3.05, 3.63) is 23.8 Å². The van der Waals surface area contributed by atoms with Gasteiger partial charge in [0.25, 0.3) is 0 Å². The topological polar surface area (TPSA) is 79.1 Å². The second-order valence-electron chi connectivity index (χ2n) is 3.29. The third kappa shape index (κ3) is 2.86. The van der Waals surface area contributed by atoms with Crippen molar-refractivity contribution >= 4 is 15.5 Å². The molecule has 0 saturated carbocycles. The number of nitrogens with zero attached hydrogens (tertiary/aromatic N) is 2. The van der Waals surface area contributed by atoms with Gasteiger partial charge in [-0.2, -0.15) is 10.2 Å². The highest BCUT2D eigenvalue weighted by Crippen LogP contribution is 2.22. The van der Waals surface area contributed by atoms with E-state index in [0.29, 0.717) is 5.69 Å². The molecule has 0 radical (unpaired) electrons. The van der Waals surface area contributed by atoms with Crippen LogP contribution in [-0.2, 0) is 9.84 Å². The lowest BCUT2D eigenvalue weighted by atomic mass is 10.2. The summed E-state index contributed by atoms with van der Waals surface area (Å²) in [6.07, 6.45) is 0. The van der Waals surface area contributed by atoms with Crippen LogP contribution in [-0.4, -0.2) is 32.9 Å². The number of aryl methyl sites for hydroxylation is 1. The standard InChI is InChI=1S/C10H14N2O3S/c1-8-7-9(16(14,15)6-5-13)3-4-10(8)12-11-2/h3-4,7,13H,5-6H2,1-2H3/b12-11+. The maximum Gasteiger partial charge on any atom is 0.180 e. The SMILES string of the molecule is C/N=N/c1ccc(S(=O)(=O)CCO)cc1C. The van der Waals surface area contributed by atoms with Crippen molar-refractivity contribution in [1.82, 2.24) is 0 Å². The number of rotatable bonds is 4. The molecule has 0 aliphatic carbocycles. The summed E-state index contributed by atoms with van der Waals surface area (Å²) in [5.41, 5.74) is 1.38. The van der Waals surface area contributed by atoms with Gasteiger partial charge < -0.3 is 5.11 Å². The molecule has 1 N–H and O–H groups in total. The summed E-state index contributed by atoms with van der Waals surface area (Å²) in [5.74, 6) is -0.263. The van der Waals surface area contributed by atoms with Crippen molar-refractivity contribution in [3.8, 4) is 0 Å². The van der Waals surface area contributed by atoms with Gasteiger partial charge in [-0.25, -0.2) is 8.42 Å². The summed E-state index contributed by atoms with van der Waals surface area (Å²) in [6, 6.07) is 4.61. The van der Waals surface area contributed by atoms with Gasteiger partial charge in [0.15, 0.2) is 9.84 Å². The zero-order valence-corrected chi connectivity index (χ0v) is 10.0. The van der Waals surface area contributed by atoms with Gasteiger partial charge in [0.1, 0.15) is 0 Å². The van der Waals surface area contributed by atoms with E-state index in [-0.39, 0.29) is 17.3 Å². The Morgan fingerprint density at radius 1 is 1.38 bits per heavy atom. The monoisotopic (exact) mass is 242 g/mol. The van der Waals surface area contributed by atoms with Crippen molar-refractivity contribution in [2.75, 3.05) is 19.4 Å². The van der Waals surface area contributed by atoms with Gasteiger partial charge in [-0.3, -0.25) is 0 Å². The molecule has 1 aromatic rings. The number of aliphatic hydroxyl groups excluding tert-OH is 1. The number of benzene rings is 1. The van der Waals surface area contributed by atoms with Crippen molar-refractivity contribution in [3.63, 3.8) is 0 Å². The van der Waals surface area contributed by atoms with E-state index in [1.54, 1.807) is 20.0 Å². The molecule has 0 spiro atoms. The van der Waals surface area contributed by atoms with Crippen LogP contribution in [0.3, 0.4) is 0 Å². The quantitative estimate of drug-likeness (QED) is 0.812. The second-order valence-corrected chi connectivity index (χ2v) is 5.40. The Balaban J connectivity index is 3.16. The Labute approximate surface area is 94.8 Å².